The van der Waals surface area contributed by atoms with Gasteiger partial charge in [-0.1, -0.05) is 59.6 Å². The summed E-state index contributed by atoms with van der Waals surface area (Å²) in [6.07, 6.45) is 1.62. The van der Waals surface area contributed by atoms with Crippen LogP contribution in [-0.4, -0.2) is 22.0 Å². The van der Waals surface area contributed by atoms with Crippen LogP contribution in [0.25, 0.3) is 6.08 Å². The van der Waals surface area contributed by atoms with E-state index >= 15 is 0 Å². The first-order valence-corrected chi connectivity index (χ1v) is 11.0. The zero-order valence-corrected chi connectivity index (χ0v) is 18.7. The van der Waals surface area contributed by atoms with Crippen LogP contribution < -0.4 is 4.74 Å². The lowest BCUT2D eigenvalue weighted by Gasteiger charge is -2.12. The molecule has 2 amide bonds. The number of halogens is 1. The Bertz CT molecular complexity index is 1240. The lowest BCUT2D eigenvalue weighted by atomic mass is 10.1. The number of imide groups is 1. The van der Waals surface area contributed by atoms with Gasteiger partial charge in [0.2, 0.25) is 0 Å². The number of hydrogen-bond donors (Lipinski definition) is 0. The molecule has 1 fully saturated rings. The number of amides is 2. The van der Waals surface area contributed by atoms with Gasteiger partial charge in [-0.15, -0.1) is 0 Å². The fourth-order valence-corrected chi connectivity index (χ4v) is 4.14. The molecule has 4 rings (SSSR count). The second kappa shape index (κ2) is 9.42. The van der Waals surface area contributed by atoms with Gasteiger partial charge in [-0.05, 0) is 66.2 Å². The minimum Gasteiger partial charge on any atom is -0.423 e. The van der Waals surface area contributed by atoms with Crippen molar-refractivity contribution in [2.45, 2.75) is 13.5 Å². The van der Waals surface area contributed by atoms with Crippen molar-refractivity contribution in [1.29, 1.82) is 0 Å². The van der Waals surface area contributed by atoms with Gasteiger partial charge in [0.15, 0.2) is 0 Å². The minimum absolute atomic E-state index is 0.222. The second-order valence-corrected chi connectivity index (χ2v) is 8.66. The molecule has 1 aliphatic rings. The third-order valence-corrected chi connectivity index (χ3v) is 5.90. The maximum atomic E-state index is 12.8. The fraction of sp³-hybridized carbons (Fsp3) is 0.0800. The molecule has 0 bridgehead atoms. The Morgan fingerprint density at radius 1 is 1.03 bits per heavy atom. The molecule has 0 N–H and O–H groups in total. The van der Waals surface area contributed by atoms with Crippen molar-refractivity contribution in [3.8, 4) is 5.75 Å². The van der Waals surface area contributed by atoms with E-state index in [2.05, 4.69) is 0 Å². The Hall–Kier alpha value is -3.35. The monoisotopic (exact) mass is 463 g/mol. The average molecular weight is 464 g/mol. The van der Waals surface area contributed by atoms with E-state index in [4.69, 9.17) is 16.3 Å². The van der Waals surface area contributed by atoms with Gasteiger partial charge in [0, 0.05) is 5.02 Å². The van der Waals surface area contributed by atoms with Gasteiger partial charge >= 0.3 is 5.97 Å². The summed E-state index contributed by atoms with van der Waals surface area (Å²) in [5, 5.41) is 0.125. The lowest BCUT2D eigenvalue weighted by Crippen LogP contribution is -2.27. The van der Waals surface area contributed by atoms with E-state index in [1.54, 1.807) is 48.5 Å². The molecule has 160 valence electrons. The van der Waals surface area contributed by atoms with E-state index in [1.807, 2.05) is 31.2 Å². The Kier molecular flexibility index (Phi) is 6.44. The van der Waals surface area contributed by atoms with E-state index in [-0.39, 0.29) is 17.7 Å². The first-order chi connectivity index (χ1) is 15.4. The number of aryl methyl sites for hydroxylation is 1. The van der Waals surface area contributed by atoms with Crippen molar-refractivity contribution in [3.05, 3.63) is 105 Å². The molecule has 1 heterocycles. The smallest absolute Gasteiger partial charge is 0.343 e. The number of hydrogen-bond acceptors (Lipinski definition) is 5. The number of ether oxygens (including phenoxy) is 1. The topological polar surface area (TPSA) is 63.7 Å². The summed E-state index contributed by atoms with van der Waals surface area (Å²) in [5.41, 5.74) is 2.97. The normalized spacial score (nSPS) is 14.8. The molecule has 0 spiro atoms. The number of thioether (sulfide) groups is 1. The van der Waals surface area contributed by atoms with E-state index in [9.17, 15) is 14.4 Å². The van der Waals surface area contributed by atoms with Crippen molar-refractivity contribution >= 4 is 46.6 Å². The maximum Gasteiger partial charge on any atom is 0.343 e. The first kappa shape index (κ1) is 21.9. The minimum atomic E-state index is -0.539. The molecule has 7 heteroatoms. The molecule has 0 atom stereocenters. The largest absolute Gasteiger partial charge is 0.423 e. The van der Waals surface area contributed by atoms with Crippen LogP contribution in [0.15, 0.2) is 77.7 Å². The van der Waals surface area contributed by atoms with Gasteiger partial charge < -0.3 is 4.74 Å². The van der Waals surface area contributed by atoms with Crippen molar-refractivity contribution in [1.82, 2.24) is 4.90 Å². The van der Waals surface area contributed by atoms with Gasteiger partial charge in [-0.3, -0.25) is 14.5 Å². The predicted molar refractivity (Wildman–Crippen MR) is 126 cm³/mol. The summed E-state index contributed by atoms with van der Waals surface area (Å²) in [6.45, 7) is 2.20. The maximum absolute atomic E-state index is 12.8. The predicted octanol–water partition coefficient (Wildman–Crippen LogP) is 6.10. The lowest BCUT2D eigenvalue weighted by molar-refractivity contribution is -0.123. The van der Waals surface area contributed by atoms with Crippen LogP contribution in [0.2, 0.25) is 5.02 Å². The Balaban J connectivity index is 1.49. The van der Waals surface area contributed by atoms with Crippen LogP contribution in [-0.2, 0) is 11.3 Å². The molecule has 0 aliphatic carbocycles. The van der Waals surface area contributed by atoms with E-state index in [0.29, 0.717) is 26.8 Å². The molecule has 0 saturated carbocycles. The summed E-state index contributed by atoms with van der Waals surface area (Å²) in [5.74, 6) is -0.562. The summed E-state index contributed by atoms with van der Waals surface area (Å²) in [6, 6.07) is 20.9. The number of carbonyl (C=O) groups excluding carboxylic acids is 3. The zero-order chi connectivity index (χ0) is 22.7. The first-order valence-electron chi connectivity index (χ1n) is 9.78. The van der Waals surface area contributed by atoms with E-state index < -0.39 is 5.97 Å². The fourth-order valence-electron chi connectivity index (χ4n) is 3.11. The summed E-state index contributed by atoms with van der Waals surface area (Å²) < 4.78 is 5.42. The summed E-state index contributed by atoms with van der Waals surface area (Å²) in [4.78, 5) is 39.1. The highest BCUT2D eigenvalue weighted by Crippen LogP contribution is 2.33. The molecule has 0 aromatic heterocycles. The molecule has 1 saturated heterocycles. The Labute approximate surface area is 194 Å². The van der Waals surface area contributed by atoms with Crippen LogP contribution in [0.3, 0.4) is 0 Å². The van der Waals surface area contributed by atoms with Crippen molar-refractivity contribution in [2.24, 2.45) is 0 Å². The highest BCUT2D eigenvalue weighted by atomic mass is 35.5. The second-order valence-electron chi connectivity index (χ2n) is 7.23. The van der Waals surface area contributed by atoms with Crippen molar-refractivity contribution < 1.29 is 19.1 Å². The number of esters is 1. The molecule has 0 unspecified atom stereocenters. The molecule has 1 aliphatic heterocycles. The van der Waals surface area contributed by atoms with Gasteiger partial charge in [-0.2, -0.15) is 0 Å². The van der Waals surface area contributed by atoms with Gasteiger partial charge in [0.25, 0.3) is 11.1 Å². The van der Waals surface area contributed by atoms with E-state index in [1.165, 1.54) is 11.0 Å². The molecular formula is C25H18ClNO4S. The molecule has 3 aromatic carbocycles. The SMILES string of the molecule is Cc1ccc(CN2C(=O)S/C(=C\c3cccc(OC(=O)c4cccc(Cl)c4)c3)C2=O)cc1. The number of rotatable bonds is 5. The third kappa shape index (κ3) is 5.10. The standard InChI is InChI=1S/C25H18ClNO4S/c1-16-8-10-17(11-9-16)15-27-23(28)22(32-25(27)30)13-18-4-2-7-21(12-18)31-24(29)19-5-3-6-20(26)14-19/h2-14H,15H2,1H3/b22-13-. The average Bonchev–Trinajstić information content (AvgIpc) is 3.03. The Morgan fingerprint density at radius 3 is 2.53 bits per heavy atom. The van der Waals surface area contributed by atoms with Gasteiger partial charge in [0.1, 0.15) is 5.75 Å². The van der Waals surface area contributed by atoms with Crippen LogP contribution in [0.4, 0.5) is 4.79 Å². The molecule has 3 aromatic rings. The highest BCUT2D eigenvalue weighted by molar-refractivity contribution is 8.18. The zero-order valence-electron chi connectivity index (χ0n) is 17.1. The number of benzene rings is 3. The number of nitrogens with zero attached hydrogens (tertiary/aromatic N) is 1. The summed E-state index contributed by atoms with van der Waals surface area (Å²) >= 11 is 6.82. The third-order valence-electron chi connectivity index (χ3n) is 4.76. The van der Waals surface area contributed by atoms with Crippen LogP contribution in [0.1, 0.15) is 27.0 Å². The van der Waals surface area contributed by atoms with Crippen LogP contribution in [0, 0.1) is 6.92 Å². The van der Waals surface area contributed by atoms with Gasteiger partial charge in [0.05, 0.1) is 17.0 Å². The quantitative estimate of drug-likeness (QED) is 0.260. The summed E-state index contributed by atoms with van der Waals surface area (Å²) in [7, 11) is 0. The van der Waals surface area contributed by atoms with Crippen molar-refractivity contribution in [3.63, 3.8) is 0 Å². The molecule has 5 nitrogen and oxygen atoms in total. The van der Waals surface area contributed by atoms with Crippen LogP contribution >= 0.6 is 23.4 Å². The molecular weight excluding hydrogens is 446 g/mol. The van der Waals surface area contributed by atoms with E-state index in [0.717, 1.165) is 22.9 Å². The van der Waals surface area contributed by atoms with Crippen LogP contribution in [0.5, 0.6) is 5.75 Å². The van der Waals surface area contributed by atoms with Gasteiger partial charge in [-0.25, -0.2) is 4.79 Å². The Morgan fingerprint density at radius 2 is 1.78 bits per heavy atom. The molecule has 32 heavy (non-hydrogen) atoms. The van der Waals surface area contributed by atoms with Crippen molar-refractivity contribution in [2.75, 3.05) is 0 Å². The molecule has 0 radical (unpaired) electrons. The number of carbonyl (C=O) groups is 3. The highest BCUT2D eigenvalue weighted by Gasteiger charge is 2.34.